The minimum atomic E-state index is -4.18. The molecular formula is C27H38N2O8S2. The molecule has 1 fully saturated rings. The van der Waals surface area contributed by atoms with Crippen molar-refractivity contribution in [3.05, 3.63) is 60.2 Å². The second-order valence-electron chi connectivity index (χ2n) is 10.0. The number of amides is 1. The third-order valence-electron chi connectivity index (χ3n) is 6.62. The lowest BCUT2D eigenvalue weighted by atomic mass is 10.0. The van der Waals surface area contributed by atoms with Gasteiger partial charge in [0, 0.05) is 12.2 Å². The second-order valence-corrected chi connectivity index (χ2v) is 14.1. The van der Waals surface area contributed by atoms with Gasteiger partial charge in [0.05, 0.1) is 42.6 Å². The molecule has 0 spiro atoms. The first-order valence-corrected chi connectivity index (χ1v) is 16.4. The van der Waals surface area contributed by atoms with Crippen LogP contribution >= 0.6 is 0 Å². The first-order valence-electron chi connectivity index (χ1n) is 12.9. The van der Waals surface area contributed by atoms with Crippen LogP contribution in [-0.2, 0) is 35.9 Å². The highest BCUT2D eigenvalue weighted by molar-refractivity contribution is 7.90. The minimum Gasteiger partial charge on any atom is -0.497 e. The van der Waals surface area contributed by atoms with Crippen molar-refractivity contribution in [3.63, 3.8) is 0 Å². The molecule has 2 N–H and O–H groups in total. The summed E-state index contributed by atoms with van der Waals surface area (Å²) in [6.45, 7) is 1.05. The van der Waals surface area contributed by atoms with E-state index < -0.39 is 50.4 Å². The lowest BCUT2D eigenvalue weighted by Crippen LogP contribution is -2.52. The molecule has 39 heavy (non-hydrogen) atoms. The number of rotatable bonds is 14. The molecule has 2 aromatic carbocycles. The van der Waals surface area contributed by atoms with Crippen LogP contribution in [-0.4, -0.2) is 76.2 Å². The number of sulfone groups is 1. The quantitative estimate of drug-likeness (QED) is 0.324. The maximum atomic E-state index is 13.6. The van der Waals surface area contributed by atoms with Gasteiger partial charge in [-0.1, -0.05) is 54.6 Å². The highest BCUT2D eigenvalue weighted by Gasteiger charge is 2.35. The Morgan fingerprint density at radius 3 is 2.23 bits per heavy atom. The first kappa shape index (κ1) is 31.0. The van der Waals surface area contributed by atoms with E-state index >= 15 is 0 Å². The van der Waals surface area contributed by atoms with Crippen molar-refractivity contribution in [1.82, 2.24) is 9.79 Å². The summed E-state index contributed by atoms with van der Waals surface area (Å²) in [5, 5.41) is 14.1. The van der Waals surface area contributed by atoms with Crippen LogP contribution < -0.4 is 10.1 Å². The number of sulfonamides is 1. The number of nitrogens with one attached hydrogen (secondary N) is 1. The predicted molar refractivity (Wildman–Crippen MR) is 147 cm³/mol. The predicted octanol–water partition coefficient (Wildman–Crippen LogP) is 2.33. The zero-order chi connectivity index (χ0) is 28.6. The smallest absolute Gasteiger partial charge is 0.265 e. The number of hydroxylamine groups is 1. The summed E-state index contributed by atoms with van der Waals surface area (Å²) in [7, 11) is -6.11. The van der Waals surface area contributed by atoms with Crippen LogP contribution in [0.1, 0.15) is 38.2 Å². The van der Waals surface area contributed by atoms with E-state index in [0.29, 0.717) is 18.6 Å². The van der Waals surface area contributed by atoms with E-state index in [1.165, 1.54) is 38.3 Å². The lowest BCUT2D eigenvalue weighted by Gasteiger charge is -2.31. The molecule has 1 unspecified atom stereocenters. The van der Waals surface area contributed by atoms with Gasteiger partial charge in [-0.15, -0.1) is 0 Å². The van der Waals surface area contributed by atoms with E-state index in [2.05, 4.69) is 5.32 Å². The van der Waals surface area contributed by atoms with Gasteiger partial charge in [-0.05, 0) is 49.1 Å². The fourth-order valence-electron chi connectivity index (χ4n) is 4.51. The van der Waals surface area contributed by atoms with Gasteiger partial charge in [-0.2, -0.15) is 0 Å². The summed E-state index contributed by atoms with van der Waals surface area (Å²) in [6.07, 6.45) is 2.77. The molecule has 1 saturated carbocycles. The molecule has 1 aliphatic rings. The first-order chi connectivity index (χ1) is 18.4. The Kier molecular flexibility index (Phi) is 10.9. The molecule has 0 saturated heterocycles. The van der Waals surface area contributed by atoms with E-state index in [0.717, 1.165) is 29.1 Å². The number of ether oxygens (including phenoxy) is 1. The molecule has 0 radical (unpaired) electrons. The van der Waals surface area contributed by atoms with Gasteiger partial charge < -0.3 is 15.2 Å². The molecule has 12 heteroatoms. The fraction of sp³-hybridized carbons (Fsp3) is 0.519. The van der Waals surface area contributed by atoms with Crippen LogP contribution in [0.2, 0.25) is 0 Å². The third-order valence-corrected chi connectivity index (χ3v) is 9.37. The number of methoxy groups -OCH3 is 1. The summed E-state index contributed by atoms with van der Waals surface area (Å²) < 4.78 is 56.6. The molecule has 216 valence electrons. The Balaban J connectivity index is 1.87. The molecule has 3 rings (SSSR count). The topological polar surface area (TPSA) is 139 Å². The van der Waals surface area contributed by atoms with E-state index in [9.17, 15) is 26.7 Å². The molecule has 1 aliphatic carbocycles. The second kappa shape index (κ2) is 13.7. The maximum absolute atomic E-state index is 13.6. The van der Waals surface area contributed by atoms with Crippen LogP contribution in [0.4, 0.5) is 0 Å². The zero-order valence-electron chi connectivity index (χ0n) is 22.5. The van der Waals surface area contributed by atoms with Crippen molar-refractivity contribution in [3.8, 4) is 5.75 Å². The number of benzene rings is 2. The molecule has 10 nitrogen and oxygen atoms in total. The van der Waals surface area contributed by atoms with Crippen LogP contribution in [0, 0.1) is 5.92 Å². The summed E-state index contributed by atoms with van der Waals surface area (Å²) in [6, 6.07) is 14.1. The van der Waals surface area contributed by atoms with Gasteiger partial charge in [0.25, 0.3) is 10.0 Å². The highest BCUT2D eigenvalue weighted by Crippen LogP contribution is 2.27. The average molecular weight is 583 g/mol. The monoisotopic (exact) mass is 582 g/mol. The van der Waals surface area contributed by atoms with Crippen molar-refractivity contribution < 1.29 is 36.3 Å². The standard InChI is InChI=1S/C27H38N2O8S2/c1-20(19-38(3,32)33)27(31)28-25(17-21-9-5-4-6-10-21)26(30)18-29(37-23-11-7-8-12-23)39(34,35)24-15-13-22(36-2)14-16-24/h4-6,9-10,13-16,20,23,25-26,30H,7-8,11-12,17-19H2,1-3H3,(H,28,31)/t20?,25-,26+/m0/s1. The van der Waals surface area contributed by atoms with Gasteiger partial charge in [-0.3, -0.25) is 9.63 Å². The van der Waals surface area contributed by atoms with Crippen molar-refractivity contribution >= 4 is 25.8 Å². The fourth-order valence-corrected chi connectivity index (χ4v) is 6.87. The van der Waals surface area contributed by atoms with E-state index in [-0.39, 0.29) is 23.2 Å². The van der Waals surface area contributed by atoms with Gasteiger partial charge >= 0.3 is 0 Å². The van der Waals surface area contributed by atoms with Gasteiger partial charge in [0.15, 0.2) is 0 Å². The number of carbonyl (C=O) groups is 1. The molecule has 0 heterocycles. The van der Waals surface area contributed by atoms with Crippen LogP contribution in [0.15, 0.2) is 59.5 Å². The Hall–Kier alpha value is -2.51. The molecule has 1 amide bonds. The Labute approximate surface area is 231 Å². The van der Waals surface area contributed by atoms with Crippen LogP contribution in [0.25, 0.3) is 0 Å². The summed E-state index contributed by atoms with van der Waals surface area (Å²) in [5.41, 5.74) is 0.805. The number of carbonyl (C=O) groups excluding carboxylic acids is 1. The normalized spacial score (nSPS) is 17.1. The molecule has 0 bridgehead atoms. The van der Waals surface area contributed by atoms with Crippen molar-refractivity contribution in [1.29, 1.82) is 0 Å². The van der Waals surface area contributed by atoms with Gasteiger partial charge in [0.2, 0.25) is 5.91 Å². The largest absolute Gasteiger partial charge is 0.497 e. The molecular weight excluding hydrogens is 544 g/mol. The number of hydrogen-bond acceptors (Lipinski definition) is 8. The summed E-state index contributed by atoms with van der Waals surface area (Å²) in [4.78, 5) is 18.8. The van der Waals surface area contributed by atoms with Crippen LogP contribution in [0.3, 0.4) is 0 Å². The summed E-state index contributed by atoms with van der Waals surface area (Å²) >= 11 is 0. The summed E-state index contributed by atoms with van der Waals surface area (Å²) in [5.74, 6) is -1.28. The number of aliphatic hydroxyl groups is 1. The van der Waals surface area contributed by atoms with E-state index in [4.69, 9.17) is 9.57 Å². The number of hydrogen-bond donors (Lipinski definition) is 2. The van der Waals surface area contributed by atoms with E-state index in [1.54, 1.807) is 0 Å². The lowest BCUT2D eigenvalue weighted by molar-refractivity contribution is -0.147. The minimum absolute atomic E-state index is 0.0288. The molecule has 0 aliphatic heterocycles. The number of nitrogens with zero attached hydrogens (tertiary/aromatic N) is 1. The van der Waals surface area contributed by atoms with Crippen molar-refractivity contribution in [2.24, 2.45) is 5.92 Å². The zero-order valence-corrected chi connectivity index (χ0v) is 24.2. The van der Waals surface area contributed by atoms with Gasteiger partial charge in [0.1, 0.15) is 15.6 Å². The van der Waals surface area contributed by atoms with Crippen molar-refractivity contribution in [2.75, 3.05) is 25.7 Å². The molecule has 0 aromatic heterocycles. The Morgan fingerprint density at radius 2 is 1.67 bits per heavy atom. The third kappa shape index (κ3) is 9.28. The SMILES string of the molecule is COc1ccc(S(=O)(=O)N(C[C@@H](O)[C@H](Cc2ccccc2)NC(=O)C(C)CS(C)(=O)=O)OC2CCCC2)cc1. The average Bonchev–Trinajstić information content (AvgIpc) is 3.40. The van der Waals surface area contributed by atoms with Crippen molar-refractivity contribution in [2.45, 2.75) is 62.2 Å². The highest BCUT2D eigenvalue weighted by atomic mass is 32.2. The molecule has 2 aromatic rings. The Bertz CT molecular complexity index is 1280. The van der Waals surface area contributed by atoms with Crippen LogP contribution in [0.5, 0.6) is 5.75 Å². The Morgan fingerprint density at radius 1 is 1.05 bits per heavy atom. The van der Waals surface area contributed by atoms with Gasteiger partial charge in [-0.25, -0.2) is 16.8 Å². The maximum Gasteiger partial charge on any atom is 0.265 e. The number of aliphatic hydroxyl groups excluding tert-OH is 1. The van der Waals surface area contributed by atoms with E-state index in [1.807, 2.05) is 30.3 Å². The molecule has 3 atom stereocenters.